The number of carbonyl (C=O) groups excluding carboxylic acids is 1. The highest BCUT2D eigenvalue weighted by atomic mass is 32.2. The molecule has 1 aromatic carbocycles. The number of nitrogens with two attached hydrogens (primary N) is 1. The van der Waals surface area contributed by atoms with E-state index >= 15 is 0 Å². The zero-order chi connectivity index (χ0) is 24.2. The minimum Gasteiger partial charge on any atom is -0.480 e. The van der Waals surface area contributed by atoms with Crippen molar-refractivity contribution in [2.45, 2.75) is 43.9 Å². The number of benzene rings is 1. The summed E-state index contributed by atoms with van der Waals surface area (Å²) in [6.45, 7) is 1.77. The lowest BCUT2D eigenvalue weighted by Crippen LogP contribution is -2.44. The SMILES string of the molecule is CC[C@@]1(O)C(=O)OCc2c1cc1n(c2=O)Cc2c-1nc1ccccc1c2CSCC(N)C(=O)O. The Morgan fingerprint density at radius 1 is 1.32 bits per heavy atom. The lowest BCUT2D eigenvalue weighted by atomic mass is 9.86. The number of pyridine rings is 2. The molecule has 3 aromatic rings. The van der Waals surface area contributed by atoms with Crippen LogP contribution in [0.2, 0.25) is 0 Å². The van der Waals surface area contributed by atoms with Gasteiger partial charge in [0.1, 0.15) is 12.6 Å². The molecule has 0 radical (unpaired) electrons. The van der Waals surface area contributed by atoms with E-state index in [2.05, 4.69) is 0 Å². The van der Waals surface area contributed by atoms with Crippen molar-refractivity contribution in [2.24, 2.45) is 5.73 Å². The van der Waals surface area contributed by atoms with Crippen LogP contribution in [0.15, 0.2) is 35.1 Å². The molecule has 1 unspecified atom stereocenters. The largest absolute Gasteiger partial charge is 0.480 e. The average molecular weight is 482 g/mol. The van der Waals surface area contributed by atoms with Gasteiger partial charge in [0.05, 0.1) is 29.0 Å². The van der Waals surface area contributed by atoms with Crippen LogP contribution in [0.25, 0.3) is 22.3 Å². The Kier molecular flexibility index (Phi) is 5.46. The Morgan fingerprint density at radius 2 is 2.09 bits per heavy atom. The summed E-state index contributed by atoms with van der Waals surface area (Å²) in [5.41, 5.74) is 7.74. The summed E-state index contributed by atoms with van der Waals surface area (Å²) < 4.78 is 6.73. The van der Waals surface area contributed by atoms with Crippen LogP contribution in [0, 0.1) is 0 Å². The van der Waals surface area contributed by atoms with E-state index in [0.29, 0.717) is 17.1 Å². The van der Waals surface area contributed by atoms with Crippen molar-refractivity contribution in [3.05, 3.63) is 62.9 Å². The average Bonchev–Trinajstić information content (AvgIpc) is 3.20. The van der Waals surface area contributed by atoms with E-state index < -0.39 is 23.6 Å². The smallest absolute Gasteiger partial charge is 0.343 e. The standard InChI is InChI=1S/C24H23N3O6S/c1-2-24(32)16-7-19-20-13(8-27(19)21(28)14(16)9-33-23(24)31)15(10-34-11-17(25)22(29)30)12-5-3-4-6-18(12)26-20/h3-7,17,32H,2,8-11,25H2,1H3,(H,29,30)/t17?,24-/m0/s1. The van der Waals surface area contributed by atoms with Crippen LogP contribution in [-0.2, 0) is 38.8 Å². The van der Waals surface area contributed by atoms with E-state index in [1.54, 1.807) is 17.6 Å². The first-order valence-corrected chi connectivity index (χ1v) is 12.1. The second kappa shape index (κ2) is 8.23. The van der Waals surface area contributed by atoms with E-state index in [1.807, 2.05) is 24.3 Å². The third kappa shape index (κ3) is 3.32. The molecule has 176 valence electrons. The van der Waals surface area contributed by atoms with Gasteiger partial charge in [0.25, 0.3) is 5.56 Å². The Labute approximate surface area is 198 Å². The van der Waals surface area contributed by atoms with Gasteiger partial charge in [-0.3, -0.25) is 9.59 Å². The molecule has 9 nitrogen and oxygen atoms in total. The normalized spacial score (nSPS) is 19.3. The third-order valence-electron chi connectivity index (χ3n) is 6.57. The van der Waals surface area contributed by atoms with Crippen LogP contribution in [-0.4, -0.2) is 43.5 Å². The van der Waals surface area contributed by atoms with Gasteiger partial charge < -0.3 is 25.3 Å². The van der Waals surface area contributed by atoms with Crippen LogP contribution in [0.3, 0.4) is 0 Å². The van der Waals surface area contributed by atoms with Crippen molar-refractivity contribution in [1.82, 2.24) is 9.55 Å². The molecule has 4 heterocycles. The van der Waals surface area contributed by atoms with E-state index in [1.165, 1.54) is 11.8 Å². The summed E-state index contributed by atoms with van der Waals surface area (Å²) in [7, 11) is 0. The Bertz CT molecular complexity index is 1420. The van der Waals surface area contributed by atoms with E-state index in [9.17, 15) is 19.5 Å². The summed E-state index contributed by atoms with van der Waals surface area (Å²) in [6, 6.07) is 8.33. The minimum absolute atomic E-state index is 0.0749. The zero-order valence-electron chi connectivity index (χ0n) is 18.4. The van der Waals surface area contributed by atoms with Crippen molar-refractivity contribution in [1.29, 1.82) is 0 Å². The molecule has 0 fully saturated rings. The summed E-state index contributed by atoms with van der Waals surface area (Å²) in [4.78, 5) is 41.7. The number of cyclic esters (lactones) is 1. The molecule has 0 aliphatic carbocycles. The maximum atomic E-state index is 13.4. The van der Waals surface area contributed by atoms with Crippen LogP contribution in [0.5, 0.6) is 0 Å². The highest BCUT2D eigenvalue weighted by molar-refractivity contribution is 7.98. The number of para-hydroxylation sites is 1. The molecule has 0 saturated carbocycles. The van der Waals surface area contributed by atoms with E-state index in [4.69, 9.17) is 20.6 Å². The molecule has 2 aromatic heterocycles. The number of aliphatic carboxylic acids is 1. The zero-order valence-corrected chi connectivity index (χ0v) is 19.2. The van der Waals surface area contributed by atoms with Gasteiger partial charge in [0.2, 0.25) is 0 Å². The Balaban J connectivity index is 1.66. The minimum atomic E-state index is -1.88. The molecule has 0 bridgehead atoms. The number of rotatable bonds is 6. The number of aliphatic hydroxyl groups is 1. The fourth-order valence-corrected chi connectivity index (χ4v) is 5.69. The number of aromatic nitrogens is 2. The number of thioether (sulfide) groups is 1. The number of esters is 1. The van der Waals surface area contributed by atoms with Gasteiger partial charge in [0, 0.05) is 28.0 Å². The van der Waals surface area contributed by atoms with Crippen LogP contribution >= 0.6 is 11.8 Å². The molecule has 34 heavy (non-hydrogen) atoms. The number of ether oxygens (including phenoxy) is 1. The van der Waals surface area contributed by atoms with Crippen molar-refractivity contribution in [2.75, 3.05) is 5.75 Å². The topological polar surface area (TPSA) is 145 Å². The summed E-state index contributed by atoms with van der Waals surface area (Å²) in [6.07, 6.45) is 0.0749. The summed E-state index contributed by atoms with van der Waals surface area (Å²) in [5.74, 6) is -1.08. The third-order valence-corrected chi connectivity index (χ3v) is 7.66. The number of fused-ring (bicyclic) bond motifs is 5. The van der Waals surface area contributed by atoms with Crippen molar-refractivity contribution in [3.63, 3.8) is 0 Å². The summed E-state index contributed by atoms with van der Waals surface area (Å²) >= 11 is 1.41. The molecule has 10 heteroatoms. The van der Waals surface area contributed by atoms with Crippen LogP contribution in [0.1, 0.15) is 35.6 Å². The molecule has 0 spiro atoms. The van der Waals surface area contributed by atoms with Crippen molar-refractivity contribution < 1.29 is 24.5 Å². The van der Waals surface area contributed by atoms with Crippen LogP contribution < -0.4 is 11.3 Å². The molecule has 2 atom stereocenters. The highest BCUT2D eigenvalue weighted by Gasteiger charge is 2.45. The lowest BCUT2D eigenvalue weighted by Gasteiger charge is -2.31. The fraction of sp³-hybridized carbons (Fsp3) is 0.333. The second-order valence-corrected chi connectivity index (χ2v) is 9.53. The van der Waals surface area contributed by atoms with E-state index in [0.717, 1.165) is 22.0 Å². The van der Waals surface area contributed by atoms with Gasteiger partial charge in [-0.2, -0.15) is 11.8 Å². The van der Waals surface area contributed by atoms with Crippen molar-refractivity contribution >= 4 is 34.6 Å². The van der Waals surface area contributed by atoms with Gasteiger partial charge in [-0.25, -0.2) is 9.78 Å². The van der Waals surface area contributed by atoms with Gasteiger partial charge >= 0.3 is 11.9 Å². The monoisotopic (exact) mass is 481 g/mol. The molecule has 5 rings (SSSR count). The second-order valence-electron chi connectivity index (χ2n) is 8.50. The highest BCUT2D eigenvalue weighted by Crippen LogP contribution is 2.40. The number of hydrogen-bond donors (Lipinski definition) is 3. The van der Waals surface area contributed by atoms with E-state index in [-0.39, 0.29) is 42.0 Å². The molecule has 0 amide bonds. The first kappa shape index (κ1) is 22.6. The number of hydrogen-bond acceptors (Lipinski definition) is 8. The van der Waals surface area contributed by atoms with Gasteiger partial charge in [-0.1, -0.05) is 25.1 Å². The number of nitrogens with zero attached hydrogens (tertiary/aromatic N) is 2. The quantitative estimate of drug-likeness (QED) is 0.351. The fourth-order valence-electron chi connectivity index (χ4n) is 4.64. The molecular weight excluding hydrogens is 458 g/mol. The number of carboxylic acids is 1. The molecule has 2 aliphatic heterocycles. The predicted octanol–water partition coefficient (Wildman–Crippen LogP) is 1.72. The maximum absolute atomic E-state index is 13.4. The molecule has 0 saturated heterocycles. The Hall–Kier alpha value is -3.21. The molecular formula is C24H23N3O6S. The van der Waals surface area contributed by atoms with Gasteiger partial charge in [-0.05, 0) is 24.1 Å². The summed E-state index contributed by atoms with van der Waals surface area (Å²) in [5, 5.41) is 21.1. The van der Waals surface area contributed by atoms with Gasteiger partial charge in [0.15, 0.2) is 5.60 Å². The lowest BCUT2D eigenvalue weighted by molar-refractivity contribution is -0.172. The Morgan fingerprint density at radius 3 is 2.82 bits per heavy atom. The van der Waals surface area contributed by atoms with Crippen LogP contribution in [0.4, 0.5) is 0 Å². The molecule has 2 aliphatic rings. The predicted molar refractivity (Wildman–Crippen MR) is 126 cm³/mol. The van der Waals surface area contributed by atoms with Gasteiger partial charge in [-0.15, -0.1) is 0 Å². The first-order valence-electron chi connectivity index (χ1n) is 10.9. The first-order chi connectivity index (χ1) is 16.3. The number of carbonyl (C=O) groups is 2. The van der Waals surface area contributed by atoms with Crippen molar-refractivity contribution in [3.8, 4) is 11.4 Å². The molecule has 4 N–H and O–H groups in total. The number of carboxylic acid groups (broad SMARTS) is 1. The maximum Gasteiger partial charge on any atom is 0.343 e.